The summed E-state index contributed by atoms with van der Waals surface area (Å²) in [5.74, 6) is 2.20. The minimum Gasteiger partial charge on any atom is -0.326 e. The topological polar surface area (TPSA) is 32.3 Å². The van der Waals surface area contributed by atoms with E-state index in [0.717, 1.165) is 19.4 Å². The van der Waals surface area contributed by atoms with E-state index in [1.165, 1.54) is 0 Å². The lowest BCUT2D eigenvalue weighted by molar-refractivity contribution is -0.131. The summed E-state index contributed by atoms with van der Waals surface area (Å²) in [6.07, 6.45) is 2.27. The summed E-state index contributed by atoms with van der Waals surface area (Å²) >= 11 is 0. The predicted molar refractivity (Wildman–Crippen MR) is 69.4 cm³/mol. The standard InChI is InChI=1S/C14H26N2O/c1-9(2)12(10(3)4)8-16-11(5)15-14(6-7-14)13(16)17/h9-12,15H,6-8H2,1-5H3. The van der Waals surface area contributed by atoms with Gasteiger partial charge in [0.1, 0.15) is 0 Å². The summed E-state index contributed by atoms with van der Waals surface area (Å²) in [4.78, 5) is 14.4. The van der Waals surface area contributed by atoms with Crippen LogP contribution in [-0.4, -0.2) is 29.1 Å². The molecule has 2 fully saturated rings. The second-order valence-electron chi connectivity index (χ2n) is 6.51. The van der Waals surface area contributed by atoms with Gasteiger partial charge in [-0.15, -0.1) is 0 Å². The summed E-state index contributed by atoms with van der Waals surface area (Å²) in [7, 11) is 0. The Bertz CT molecular complexity index is 299. The minimum absolute atomic E-state index is 0.155. The molecule has 1 saturated heterocycles. The van der Waals surface area contributed by atoms with Gasteiger partial charge in [-0.05, 0) is 37.5 Å². The molecule has 1 heterocycles. The summed E-state index contributed by atoms with van der Waals surface area (Å²) in [6, 6.07) is 0. The Morgan fingerprint density at radius 2 is 1.82 bits per heavy atom. The molecule has 2 rings (SSSR count). The number of nitrogens with one attached hydrogen (secondary N) is 1. The number of rotatable bonds is 4. The van der Waals surface area contributed by atoms with E-state index < -0.39 is 0 Å². The molecule has 0 aromatic heterocycles. The monoisotopic (exact) mass is 238 g/mol. The highest BCUT2D eigenvalue weighted by Crippen LogP contribution is 2.42. The Hall–Kier alpha value is -0.570. The molecule has 0 radical (unpaired) electrons. The van der Waals surface area contributed by atoms with E-state index in [-0.39, 0.29) is 11.7 Å². The van der Waals surface area contributed by atoms with Crippen molar-refractivity contribution in [2.24, 2.45) is 17.8 Å². The highest BCUT2D eigenvalue weighted by atomic mass is 16.2. The van der Waals surface area contributed by atoms with Crippen LogP contribution in [0.4, 0.5) is 0 Å². The summed E-state index contributed by atoms with van der Waals surface area (Å²) in [5.41, 5.74) is -0.155. The van der Waals surface area contributed by atoms with E-state index in [9.17, 15) is 4.79 Å². The van der Waals surface area contributed by atoms with Gasteiger partial charge < -0.3 is 4.90 Å². The van der Waals surface area contributed by atoms with E-state index in [2.05, 4.69) is 44.8 Å². The largest absolute Gasteiger partial charge is 0.326 e. The average Bonchev–Trinajstić information content (AvgIpc) is 2.93. The number of carbonyl (C=O) groups is 1. The van der Waals surface area contributed by atoms with Crippen LogP contribution >= 0.6 is 0 Å². The lowest BCUT2D eigenvalue weighted by Gasteiger charge is -2.31. The normalized spacial score (nSPS) is 26.9. The highest BCUT2D eigenvalue weighted by molar-refractivity contribution is 5.91. The van der Waals surface area contributed by atoms with E-state index in [1.54, 1.807) is 0 Å². The fourth-order valence-corrected chi connectivity index (χ4v) is 3.13. The summed E-state index contributed by atoms with van der Waals surface area (Å²) in [5, 5.41) is 3.46. The van der Waals surface area contributed by atoms with Crippen molar-refractivity contribution in [2.75, 3.05) is 6.54 Å². The zero-order valence-electron chi connectivity index (χ0n) is 11.8. The van der Waals surface area contributed by atoms with Gasteiger partial charge in [0.25, 0.3) is 0 Å². The van der Waals surface area contributed by atoms with Crippen molar-refractivity contribution in [3.05, 3.63) is 0 Å². The molecule has 0 aromatic carbocycles. The zero-order valence-corrected chi connectivity index (χ0v) is 11.8. The third-order valence-electron chi connectivity index (χ3n) is 4.49. The first-order chi connectivity index (χ1) is 7.87. The van der Waals surface area contributed by atoms with Gasteiger partial charge >= 0.3 is 0 Å². The van der Waals surface area contributed by atoms with Crippen LogP contribution in [0, 0.1) is 17.8 Å². The molecule has 98 valence electrons. The van der Waals surface area contributed by atoms with Crippen LogP contribution in [0.1, 0.15) is 47.5 Å². The fraction of sp³-hybridized carbons (Fsp3) is 0.929. The van der Waals surface area contributed by atoms with Crippen LogP contribution in [0.5, 0.6) is 0 Å². The summed E-state index contributed by atoms with van der Waals surface area (Å²) < 4.78 is 0. The molecule has 1 aliphatic carbocycles. The number of nitrogens with zero attached hydrogens (tertiary/aromatic N) is 1. The van der Waals surface area contributed by atoms with E-state index >= 15 is 0 Å². The first kappa shape index (κ1) is 12.9. The van der Waals surface area contributed by atoms with Crippen LogP contribution in [0.15, 0.2) is 0 Å². The van der Waals surface area contributed by atoms with Crippen molar-refractivity contribution in [3.8, 4) is 0 Å². The first-order valence-electron chi connectivity index (χ1n) is 6.96. The zero-order chi connectivity index (χ0) is 12.8. The molecule has 2 aliphatic rings. The molecule has 3 nitrogen and oxygen atoms in total. The molecule has 1 spiro atoms. The van der Waals surface area contributed by atoms with Gasteiger partial charge in [-0.25, -0.2) is 0 Å². The Balaban J connectivity index is 2.05. The Morgan fingerprint density at radius 1 is 1.29 bits per heavy atom. The van der Waals surface area contributed by atoms with Crippen molar-refractivity contribution in [1.82, 2.24) is 10.2 Å². The van der Waals surface area contributed by atoms with E-state index in [1.807, 2.05) is 0 Å². The molecule has 1 unspecified atom stereocenters. The quantitative estimate of drug-likeness (QED) is 0.814. The number of amides is 1. The molecule has 0 bridgehead atoms. The Morgan fingerprint density at radius 3 is 2.18 bits per heavy atom. The SMILES string of the molecule is CC(C)C(CN1C(=O)C2(CC2)NC1C)C(C)C. The van der Waals surface area contributed by atoms with Gasteiger partial charge in [0.15, 0.2) is 0 Å². The summed E-state index contributed by atoms with van der Waals surface area (Å²) in [6.45, 7) is 12.1. The van der Waals surface area contributed by atoms with Gasteiger partial charge in [-0.3, -0.25) is 10.1 Å². The molecular weight excluding hydrogens is 212 g/mol. The second-order valence-corrected chi connectivity index (χ2v) is 6.51. The molecular formula is C14H26N2O. The van der Waals surface area contributed by atoms with Gasteiger partial charge in [0.2, 0.25) is 5.91 Å². The fourth-order valence-electron chi connectivity index (χ4n) is 3.13. The van der Waals surface area contributed by atoms with Crippen LogP contribution in [0.25, 0.3) is 0 Å². The Kier molecular flexibility index (Phi) is 3.23. The molecule has 0 aromatic rings. The van der Waals surface area contributed by atoms with Gasteiger partial charge in [-0.2, -0.15) is 0 Å². The molecule has 1 atom stereocenters. The van der Waals surface area contributed by atoms with Gasteiger partial charge in [-0.1, -0.05) is 27.7 Å². The molecule has 1 amide bonds. The van der Waals surface area contributed by atoms with Crippen molar-refractivity contribution in [1.29, 1.82) is 0 Å². The minimum atomic E-state index is -0.155. The van der Waals surface area contributed by atoms with Gasteiger partial charge in [0, 0.05) is 6.54 Å². The molecule has 3 heteroatoms. The first-order valence-corrected chi connectivity index (χ1v) is 6.96. The second kappa shape index (κ2) is 4.27. The average molecular weight is 238 g/mol. The molecule has 1 aliphatic heterocycles. The van der Waals surface area contributed by atoms with Crippen molar-refractivity contribution in [3.63, 3.8) is 0 Å². The maximum Gasteiger partial charge on any atom is 0.244 e. The lowest BCUT2D eigenvalue weighted by atomic mass is 9.85. The third kappa shape index (κ3) is 2.22. The smallest absolute Gasteiger partial charge is 0.244 e. The van der Waals surface area contributed by atoms with E-state index in [0.29, 0.717) is 23.7 Å². The van der Waals surface area contributed by atoms with Gasteiger partial charge in [0.05, 0.1) is 11.7 Å². The van der Waals surface area contributed by atoms with Crippen molar-refractivity contribution in [2.45, 2.75) is 59.2 Å². The van der Waals surface area contributed by atoms with Crippen molar-refractivity contribution < 1.29 is 4.79 Å². The highest BCUT2D eigenvalue weighted by Gasteiger charge is 2.58. The van der Waals surface area contributed by atoms with E-state index in [4.69, 9.17) is 0 Å². The molecule has 17 heavy (non-hydrogen) atoms. The van der Waals surface area contributed by atoms with Crippen LogP contribution in [-0.2, 0) is 4.79 Å². The number of carbonyl (C=O) groups excluding carboxylic acids is 1. The predicted octanol–water partition coefficient (Wildman–Crippen LogP) is 2.22. The third-order valence-corrected chi connectivity index (χ3v) is 4.49. The van der Waals surface area contributed by atoms with Crippen LogP contribution in [0.3, 0.4) is 0 Å². The maximum atomic E-state index is 12.3. The molecule has 1 saturated carbocycles. The maximum absolute atomic E-state index is 12.3. The number of hydrogen-bond acceptors (Lipinski definition) is 2. The van der Waals surface area contributed by atoms with Crippen LogP contribution in [0.2, 0.25) is 0 Å². The number of hydrogen-bond donors (Lipinski definition) is 1. The van der Waals surface area contributed by atoms with Crippen molar-refractivity contribution >= 4 is 5.91 Å². The molecule has 1 N–H and O–H groups in total. The lowest BCUT2D eigenvalue weighted by Crippen LogP contribution is -2.41. The Labute approximate surface area is 105 Å². The van der Waals surface area contributed by atoms with Crippen LogP contribution < -0.4 is 5.32 Å².